The molecule has 0 aliphatic heterocycles. The maximum absolute atomic E-state index is 12.1. The molecule has 2 aliphatic carbocycles. The number of nitrogen functional groups attached to an aromatic ring is 1. The van der Waals surface area contributed by atoms with E-state index < -0.39 is 0 Å². The molecule has 1 aromatic rings. The summed E-state index contributed by atoms with van der Waals surface area (Å²) in [6.45, 7) is 0. The molecule has 1 heterocycles. The third-order valence-electron chi connectivity index (χ3n) is 4.11. The summed E-state index contributed by atoms with van der Waals surface area (Å²) in [6, 6.07) is 3.50. The molecule has 17 heavy (non-hydrogen) atoms. The molecule has 0 aromatic carbocycles. The van der Waals surface area contributed by atoms with Crippen molar-refractivity contribution in [2.75, 3.05) is 11.1 Å². The van der Waals surface area contributed by atoms with E-state index in [-0.39, 0.29) is 11.8 Å². The van der Waals surface area contributed by atoms with Gasteiger partial charge >= 0.3 is 0 Å². The Labute approximate surface area is 101 Å². The van der Waals surface area contributed by atoms with E-state index in [1.807, 2.05) is 0 Å². The van der Waals surface area contributed by atoms with E-state index in [1.54, 1.807) is 18.3 Å². The lowest BCUT2D eigenvalue weighted by Crippen LogP contribution is -2.27. The Morgan fingerprint density at radius 1 is 1.35 bits per heavy atom. The fourth-order valence-corrected chi connectivity index (χ4v) is 3.26. The third-order valence-corrected chi connectivity index (χ3v) is 4.11. The Morgan fingerprint density at radius 3 is 2.82 bits per heavy atom. The van der Waals surface area contributed by atoms with Gasteiger partial charge in [-0.25, -0.2) is 4.98 Å². The van der Waals surface area contributed by atoms with Crippen molar-refractivity contribution in [3.8, 4) is 0 Å². The van der Waals surface area contributed by atoms with Gasteiger partial charge in [0.1, 0.15) is 5.82 Å². The Hall–Kier alpha value is -1.58. The van der Waals surface area contributed by atoms with Crippen molar-refractivity contribution in [2.24, 2.45) is 17.8 Å². The lowest BCUT2D eigenvalue weighted by atomic mass is 9.88. The number of amides is 1. The van der Waals surface area contributed by atoms with Gasteiger partial charge in [0.05, 0.1) is 11.9 Å². The molecule has 1 aromatic heterocycles. The number of pyridine rings is 1. The molecule has 90 valence electrons. The molecule has 2 saturated carbocycles. The molecule has 0 radical (unpaired) electrons. The van der Waals surface area contributed by atoms with E-state index in [0.29, 0.717) is 17.4 Å². The van der Waals surface area contributed by atoms with Crippen molar-refractivity contribution in [3.05, 3.63) is 18.3 Å². The minimum absolute atomic E-state index is 0.134. The first kappa shape index (κ1) is 10.6. The van der Waals surface area contributed by atoms with Crippen LogP contribution in [0.15, 0.2) is 18.3 Å². The number of rotatable bonds is 2. The molecule has 0 saturated heterocycles. The lowest BCUT2D eigenvalue weighted by molar-refractivity contribution is -0.121. The monoisotopic (exact) mass is 231 g/mol. The van der Waals surface area contributed by atoms with Crippen LogP contribution in [-0.4, -0.2) is 10.9 Å². The van der Waals surface area contributed by atoms with E-state index in [9.17, 15) is 4.79 Å². The van der Waals surface area contributed by atoms with Gasteiger partial charge in [-0.1, -0.05) is 6.42 Å². The quantitative estimate of drug-likeness (QED) is 0.818. The minimum atomic E-state index is 0.134. The lowest BCUT2D eigenvalue weighted by Gasteiger charge is -2.20. The molecule has 0 spiro atoms. The summed E-state index contributed by atoms with van der Waals surface area (Å²) in [6.07, 6.45) is 6.40. The normalized spacial score (nSPS) is 30.5. The maximum atomic E-state index is 12.1. The number of aromatic nitrogens is 1. The van der Waals surface area contributed by atoms with Crippen molar-refractivity contribution in [3.63, 3.8) is 0 Å². The molecule has 3 N–H and O–H groups in total. The Balaban J connectivity index is 1.65. The van der Waals surface area contributed by atoms with Crippen LogP contribution in [0, 0.1) is 17.8 Å². The van der Waals surface area contributed by atoms with E-state index >= 15 is 0 Å². The van der Waals surface area contributed by atoms with Gasteiger partial charge in [-0.2, -0.15) is 0 Å². The Bertz CT molecular complexity index is 429. The molecule has 2 aliphatic rings. The minimum Gasteiger partial charge on any atom is -0.397 e. The summed E-state index contributed by atoms with van der Waals surface area (Å²) in [4.78, 5) is 16.2. The highest BCUT2D eigenvalue weighted by atomic mass is 16.2. The van der Waals surface area contributed by atoms with E-state index in [2.05, 4.69) is 10.3 Å². The van der Waals surface area contributed by atoms with Crippen LogP contribution >= 0.6 is 0 Å². The van der Waals surface area contributed by atoms with Crippen LogP contribution in [0.1, 0.15) is 25.7 Å². The fraction of sp³-hybridized carbons (Fsp3) is 0.538. The van der Waals surface area contributed by atoms with Crippen LogP contribution in [0.2, 0.25) is 0 Å². The van der Waals surface area contributed by atoms with Crippen molar-refractivity contribution in [1.82, 2.24) is 4.98 Å². The molecular weight excluding hydrogens is 214 g/mol. The molecule has 3 unspecified atom stereocenters. The highest BCUT2D eigenvalue weighted by Gasteiger charge is 2.43. The SMILES string of the molecule is Nc1ccc(NC(=O)C2CC3CCC2C3)nc1. The summed E-state index contributed by atoms with van der Waals surface area (Å²) in [5.41, 5.74) is 6.17. The first-order valence-corrected chi connectivity index (χ1v) is 6.25. The predicted octanol–water partition coefficient (Wildman–Crippen LogP) is 2.04. The van der Waals surface area contributed by atoms with Gasteiger partial charge in [-0.3, -0.25) is 4.79 Å². The van der Waals surface area contributed by atoms with Crippen LogP contribution in [-0.2, 0) is 4.79 Å². The molecule has 2 bridgehead atoms. The van der Waals surface area contributed by atoms with Crippen molar-refractivity contribution in [1.29, 1.82) is 0 Å². The first-order valence-electron chi connectivity index (χ1n) is 6.25. The van der Waals surface area contributed by atoms with Crippen molar-refractivity contribution in [2.45, 2.75) is 25.7 Å². The zero-order chi connectivity index (χ0) is 11.8. The number of hydrogen-bond donors (Lipinski definition) is 2. The number of carbonyl (C=O) groups is 1. The Morgan fingerprint density at radius 2 is 2.24 bits per heavy atom. The average molecular weight is 231 g/mol. The first-order chi connectivity index (χ1) is 8.22. The van der Waals surface area contributed by atoms with Crippen LogP contribution in [0.4, 0.5) is 11.5 Å². The van der Waals surface area contributed by atoms with Gasteiger partial charge in [-0.05, 0) is 43.2 Å². The second kappa shape index (κ2) is 4.02. The fourth-order valence-electron chi connectivity index (χ4n) is 3.26. The van der Waals surface area contributed by atoms with Crippen molar-refractivity contribution >= 4 is 17.4 Å². The molecule has 2 fully saturated rings. The number of nitrogens with one attached hydrogen (secondary N) is 1. The molecular formula is C13H17N3O. The van der Waals surface area contributed by atoms with Crippen LogP contribution < -0.4 is 11.1 Å². The van der Waals surface area contributed by atoms with E-state index in [0.717, 1.165) is 12.3 Å². The largest absolute Gasteiger partial charge is 0.397 e. The van der Waals surface area contributed by atoms with Crippen LogP contribution in [0.3, 0.4) is 0 Å². The number of nitrogens with two attached hydrogens (primary N) is 1. The number of anilines is 2. The summed E-state index contributed by atoms with van der Waals surface area (Å²) in [5.74, 6) is 2.33. The smallest absolute Gasteiger partial charge is 0.228 e. The van der Waals surface area contributed by atoms with Gasteiger partial charge < -0.3 is 11.1 Å². The predicted molar refractivity (Wildman–Crippen MR) is 66.2 cm³/mol. The standard InChI is InChI=1S/C13H17N3O/c14-10-3-4-12(15-7-10)16-13(17)11-6-8-1-2-9(11)5-8/h3-4,7-9,11H,1-2,5-6,14H2,(H,15,16,17). The second-order valence-corrected chi connectivity index (χ2v) is 5.25. The molecule has 3 rings (SSSR count). The van der Waals surface area contributed by atoms with Gasteiger partial charge in [0.15, 0.2) is 0 Å². The molecule has 4 nitrogen and oxygen atoms in total. The summed E-state index contributed by atoms with van der Waals surface area (Å²) in [5, 5.41) is 2.89. The number of hydrogen-bond acceptors (Lipinski definition) is 3. The van der Waals surface area contributed by atoms with E-state index in [1.165, 1.54) is 19.3 Å². The number of fused-ring (bicyclic) bond motifs is 2. The zero-order valence-corrected chi connectivity index (χ0v) is 9.73. The molecule has 3 atom stereocenters. The highest BCUT2D eigenvalue weighted by Crippen LogP contribution is 2.48. The molecule has 1 amide bonds. The number of nitrogens with zero attached hydrogens (tertiary/aromatic N) is 1. The number of carbonyl (C=O) groups excluding carboxylic acids is 1. The van der Waals surface area contributed by atoms with Gasteiger partial charge in [0.25, 0.3) is 0 Å². The topological polar surface area (TPSA) is 68.0 Å². The molecule has 4 heteroatoms. The highest BCUT2D eigenvalue weighted by molar-refractivity contribution is 5.92. The van der Waals surface area contributed by atoms with Crippen LogP contribution in [0.5, 0.6) is 0 Å². The van der Waals surface area contributed by atoms with Crippen molar-refractivity contribution < 1.29 is 4.79 Å². The maximum Gasteiger partial charge on any atom is 0.228 e. The average Bonchev–Trinajstić information content (AvgIpc) is 2.94. The van der Waals surface area contributed by atoms with Gasteiger partial charge in [0.2, 0.25) is 5.91 Å². The second-order valence-electron chi connectivity index (χ2n) is 5.25. The van der Waals surface area contributed by atoms with Gasteiger partial charge in [-0.15, -0.1) is 0 Å². The van der Waals surface area contributed by atoms with Gasteiger partial charge in [0, 0.05) is 5.92 Å². The zero-order valence-electron chi connectivity index (χ0n) is 9.73. The summed E-state index contributed by atoms with van der Waals surface area (Å²) < 4.78 is 0. The third kappa shape index (κ3) is 1.99. The summed E-state index contributed by atoms with van der Waals surface area (Å²) >= 11 is 0. The van der Waals surface area contributed by atoms with E-state index in [4.69, 9.17) is 5.73 Å². The van der Waals surface area contributed by atoms with Crippen LogP contribution in [0.25, 0.3) is 0 Å². The Kier molecular flexibility index (Phi) is 2.50. The summed E-state index contributed by atoms with van der Waals surface area (Å²) in [7, 11) is 0.